The first-order valence-corrected chi connectivity index (χ1v) is 7.74. The highest BCUT2D eigenvalue weighted by molar-refractivity contribution is 7.14. The van der Waals surface area contributed by atoms with Crippen molar-refractivity contribution in [3.8, 4) is 0 Å². The van der Waals surface area contributed by atoms with Crippen LogP contribution in [0.25, 0.3) is 0 Å². The normalized spacial score (nSPS) is 26.9. The van der Waals surface area contributed by atoms with Crippen LogP contribution < -0.4 is 11.1 Å². The van der Waals surface area contributed by atoms with E-state index in [1.807, 2.05) is 0 Å². The van der Waals surface area contributed by atoms with Gasteiger partial charge in [-0.3, -0.25) is 4.79 Å². The van der Waals surface area contributed by atoms with Crippen molar-refractivity contribution >= 4 is 17.2 Å². The summed E-state index contributed by atoms with van der Waals surface area (Å²) in [6.07, 6.45) is 8.01. The zero-order chi connectivity index (χ0) is 12.5. The van der Waals surface area contributed by atoms with Gasteiger partial charge in [-0.1, -0.05) is 0 Å². The molecule has 0 bridgehead atoms. The number of nitrogens with one attached hydrogen (secondary N) is 1. The molecule has 1 saturated carbocycles. The maximum absolute atomic E-state index is 12.2. The Kier molecular flexibility index (Phi) is 3.39. The second-order valence-corrected chi connectivity index (χ2v) is 6.58. The van der Waals surface area contributed by atoms with Gasteiger partial charge >= 0.3 is 0 Å². The molecule has 1 aromatic heterocycles. The van der Waals surface area contributed by atoms with Crippen molar-refractivity contribution in [3.63, 3.8) is 0 Å². The van der Waals surface area contributed by atoms with Gasteiger partial charge in [-0.15, -0.1) is 11.3 Å². The van der Waals surface area contributed by atoms with Crippen molar-refractivity contribution in [2.45, 2.75) is 57.0 Å². The smallest absolute Gasteiger partial charge is 0.261 e. The Morgan fingerprint density at radius 2 is 2.11 bits per heavy atom. The average Bonchev–Trinajstić information content (AvgIpc) is 2.96. The summed E-state index contributed by atoms with van der Waals surface area (Å²) in [5.41, 5.74) is 7.39. The fraction of sp³-hybridized carbons (Fsp3) is 0.643. The number of aryl methyl sites for hydroxylation is 2. The van der Waals surface area contributed by atoms with Crippen LogP contribution in [0.5, 0.6) is 0 Å². The van der Waals surface area contributed by atoms with Gasteiger partial charge in [0.15, 0.2) is 0 Å². The minimum absolute atomic E-state index is 0.0803. The Hall–Kier alpha value is -0.870. The topological polar surface area (TPSA) is 55.1 Å². The van der Waals surface area contributed by atoms with Crippen LogP contribution in [0.4, 0.5) is 0 Å². The lowest BCUT2D eigenvalue weighted by atomic mass is 9.99. The van der Waals surface area contributed by atoms with E-state index < -0.39 is 0 Å². The van der Waals surface area contributed by atoms with Gasteiger partial charge in [-0.25, -0.2) is 0 Å². The highest BCUT2D eigenvalue weighted by atomic mass is 32.1. The Labute approximate surface area is 112 Å². The number of carbonyl (C=O) groups is 1. The van der Waals surface area contributed by atoms with Crippen molar-refractivity contribution in [2.24, 2.45) is 5.73 Å². The van der Waals surface area contributed by atoms with E-state index in [1.54, 1.807) is 11.3 Å². The van der Waals surface area contributed by atoms with E-state index in [1.165, 1.54) is 23.3 Å². The van der Waals surface area contributed by atoms with Gasteiger partial charge in [0.25, 0.3) is 5.91 Å². The zero-order valence-corrected chi connectivity index (χ0v) is 11.4. The molecular formula is C14H20N2OS. The molecule has 3 nitrogen and oxygen atoms in total. The summed E-state index contributed by atoms with van der Waals surface area (Å²) in [4.78, 5) is 14.5. The molecule has 3 N–H and O–H groups in total. The molecule has 18 heavy (non-hydrogen) atoms. The molecule has 3 rings (SSSR count). The van der Waals surface area contributed by atoms with E-state index in [-0.39, 0.29) is 18.0 Å². The summed E-state index contributed by atoms with van der Waals surface area (Å²) < 4.78 is 0. The summed E-state index contributed by atoms with van der Waals surface area (Å²) in [7, 11) is 0. The molecule has 2 unspecified atom stereocenters. The lowest BCUT2D eigenvalue weighted by Crippen LogP contribution is -2.43. The lowest BCUT2D eigenvalue weighted by molar-refractivity contribution is 0.0938. The number of hydrogen-bond donors (Lipinski definition) is 2. The molecule has 0 aromatic carbocycles. The standard InChI is InChI=1S/C14H20N2OS/c15-10-5-3-6-11(10)16-14(17)13-8-9-4-1-2-7-12(9)18-13/h8,10-11H,1-7,15H2,(H,16,17). The van der Waals surface area contributed by atoms with E-state index in [0.29, 0.717) is 0 Å². The Bertz CT molecular complexity index is 431. The fourth-order valence-electron chi connectivity index (χ4n) is 3.01. The molecule has 2 atom stereocenters. The van der Waals surface area contributed by atoms with Crippen molar-refractivity contribution < 1.29 is 4.79 Å². The van der Waals surface area contributed by atoms with Gasteiger partial charge in [-0.2, -0.15) is 0 Å². The van der Waals surface area contributed by atoms with Crippen LogP contribution >= 0.6 is 11.3 Å². The quantitative estimate of drug-likeness (QED) is 0.860. The predicted octanol–water partition coefficient (Wildman–Crippen LogP) is 2.24. The van der Waals surface area contributed by atoms with E-state index in [0.717, 1.165) is 37.0 Å². The summed E-state index contributed by atoms with van der Waals surface area (Å²) in [5, 5.41) is 3.10. The van der Waals surface area contributed by atoms with Crippen LogP contribution in [-0.4, -0.2) is 18.0 Å². The van der Waals surface area contributed by atoms with Crippen molar-refractivity contribution in [3.05, 3.63) is 21.4 Å². The third kappa shape index (κ3) is 2.31. The average molecular weight is 264 g/mol. The van der Waals surface area contributed by atoms with Gasteiger partial charge < -0.3 is 11.1 Å². The predicted molar refractivity (Wildman–Crippen MR) is 74.0 cm³/mol. The van der Waals surface area contributed by atoms with Gasteiger partial charge in [-0.05, 0) is 56.6 Å². The third-order valence-electron chi connectivity index (χ3n) is 4.11. The number of rotatable bonds is 2. The minimum Gasteiger partial charge on any atom is -0.347 e. The molecule has 1 amide bonds. The number of thiophene rings is 1. The highest BCUT2D eigenvalue weighted by Crippen LogP contribution is 2.30. The molecule has 4 heteroatoms. The molecule has 1 heterocycles. The molecule has 0 spiro atoms. The van der Waals surface area contributed by atoms with Gasteiger partial charge in [0.2, 0.25) is 0 Å². The second-order valence-electron chi connectivity index (χ2n) is 5.44. The van der Waals surface area contributed by atoms with Gasteiger partial charge in [0, 0.05) is 17.0 Å². The van der Waals surface area contributed by atoms with E-state index in [9.17, 15) is 4.79 Å². The van der Waals surface area contributed by atoms with Crippen LogP contribution in [0.3, 0.4) is 0 Å². The molecule has 0 saturated heterocycles. The largest absolute Gasteiger partial charge is 0.347 e. The number of carbonyl (C=O) groups excluding carboxylic acids is 1. The first-order chi connectivity index (χ1) is 8.74. The second kappa shape index (κ2) is 5.02. The summed E-state index contributed by atoms with van der Waals surface area (Å²) >= 11 is 1.68. The van der Waals surface area contributed by atoms with Crippen LogP contribution in [0.1, 0.15) is 52.2 Å². The molecule has 0 aliphatic heterocycles. The maximum Gasteiger partial charge on any atom is 0.261 e. The SMILES string of the molecule is NC1CCCC1NC(=O)c1cc2c(s1)CCCC2. The number of hydrogen-bond acceptors (Lipinski definition) is 3. The first kappa shape index (κ1) is 12.2. The van der Waals surface area contributed by atoms with E-state index >= 15 is 0 Å². The third-order valence-corrected chi connectivity index (χ3v) is 5.34. The molecule has 98 valence electrons. The van der Waals surface area contributed by atoms with Crippen LogP contribution in [0.2, 0.25) is 0 Å². The summed E-state index contributed by atoms with van der Waals surface area (Å²) in [6.45, 7) is 0. The summed E-state index contributed by atoms with van der Waals surface area (Å²) in [6, 6.07) is 2.41. The van der Waals surface area contributed by atoms with Crippen molar-refractivity contribution in [1.29, 1.82) is 0 Å². The first-order valence-electron chi connectivity index (χ1n) is 6.92. The maximum atomic E-state index is 12.2. The minimum atomic E-state index is 0.0803. The monoisotopic (exact) mass is 264 g/mol. The van der Waals surface area contributed by atoms with Crippen LogP contribution in [-0.2, 0) is 12.8 Å². The molecule has 1 fully saturated rings. The molecular weight excluding hydrogens is 244 g/mol. The van der Waals surface area contributed by atoms with E-state index in [2.05, 4.69) is 11.4 Å². The van der Waals surface area contributed by atoms with E-state index in [4.69, 9.17) is 5.73 Å². The van der Waals surface area contributed by atoms with Crippen LogP contribution in [0, 0.1) is 0 Å². The lowest BCUT2D eigenvalue weighted by Gasteiger charge is -2.16. The van der Waals surface area contributed by atoms with Crippen molar-refractivity contribution in [2.75, 3.05) is 0 Å². The Morgan fingerprint density at radius 1 is 1.28 bits per heavy atom. The van der Waals surface area contributed by atoms with Gasteiger partial charge in [0.05, 0.1) is 4.88 Å². The van der Waals surface area contributed by atoms with Crippen molar-refractivity contribution in [1.82, 2.24) is 5.32 Å². The van der Waals surface area contributed by atoms with Gasteiger partial charge in [0.1, 0.15) is 0 Å². The number of amides is 1. The number of nitrogens with two attached hydrogens (primary N) is 1. The highest BCUT2D eigenvalue weighted by Gasteiger charge is 2.26. The Morgan fingerprint density at radius 3 is 2.83 bits per heavy atom. The fourth-order valence-corrected chi connectivity index (χ4v) is 4.17. The molecule has 1 aromatic rings. The van der Waals surface area contributed by atoms with Crippen LogP contribution in [0.15, 0.2) is 6.07 Å². The molecule has 2 aliphatic rings. The Balaban J connectivity index is 1.70. The zero-order valence-electron chi connectivity index (χ0n) is 10.6. The number of fused-ring (bicyclic) bond motifs is 1. The molecule has 2 aliphatic carbocycles. The molecule has 0 radical (unpaired) electrons. The summed E-state index contributed by atoms with van der Waals surface area (Å²) in [5.74, 6) is 0.0803.